The molecule has 1 aliphatic heterocycles. The van der Waals surface area contributed by atoms with E-state index in [0.717, 1.165) is 0 Å². The van der Waals surface area contributed by atoms with Gasteiger partial charge in [-0.2, -0.15) is 0 Å². The molecule has 0 aromatic heterocycles. The molecule has 9 heteroatoms. The Balaban J connectivity index is 2.91. The first-order valence-electron chi connectivity index (χ1n) is 6.97. The van der Waals surface area contributed by atoms with Crippen LogP contribution in [0.3, 0.4) is 0 Å². The Hall–Kier alpha value is -2.16. The number of carbonyl (C=O) groups excluding carboxylic acids is 4. The fourth-order valence-electron chi connectivity index (χ4n) is 2.18. The smallest absolute Gasteiger partial charge is 0.303 e. The SMILES string of the molecule is CC(=O)OC[C@@H](OC(C)=O)[C@@H]1OC[C@H](OC(C)=O)[C@H]1OC(C)=O. The van der Waals surface area contributed by atoms with E-state index in [1.807, 2.05) is 0 Å². The second-order valence-corrected chi connectivity index (χ2v) is 4.97. The summed E-state index contributed by atoms with van der Waals surface area (Å²) in [4.78, 5) is 44.6. The van der Waals surface area contributed by atoms with Gasteiger partial charge in [-0.1, -0.05) is 0 Å². The Bertz CT molecular complexity index is 473. The van der Waals surface area contributed by atoms with Crippen molar-refractivity contribution in [3.63, 3.8) is 0 Å². The second kappa shape index (κ2) is 8.47. The fourth-order valence-corrected chi connectivity index (χ4v) is 2.18. The fraction of sp³-hybridized carbons (Fsp3) is 0.714. The van der Waals surface area contributed by atoms with Crippen molar-refractivity contribution in [2.45, 2.75) is 52.1 Å². The predicted molar refractivity (Wildman–Crippen MR) is 73.0 cm³/mol. The first kappa shape index (κ1) is 18.9. The third-order valence-corrected chi connectivity index (χ3v) is 2.90. The van der Waals surface area contributed by atoms with Crippen molar-refractivity contribution in [3.8, 4) is 0 Å². The van der Waals surface area contributed by atoms with E-state index >= 15 is 0 Å². The monoisotopic (exact) mass is 332 g/mol. The highest BCUT2D eigenvalue weighted by Gasteiger charge is 2.47. The van der Waals surface area contributed by atoms with Gasteiger partial charge in [0.25, 0.3) is 0 Å². The molecule has 130 valence electrons. The van der Waals surface area contributed by atoms with Crippen LogP contribution in [0.5, 0.6) is 0 Å². The molecule has 0 N–H and O–H groups in total. The van der Waals surface area contributed by atoms with Gasteiger partial charge in [0, 0.05) is 27.7 Å². The minimum absolute atomic E-state index is 0.0416. The van der Waals surface area contributed by atoms with Crippen LogP contribution in [0, 0.1) is 0 Å². The number of esters is 4. The van der Waals surface area contributed by atoms with Crippen molar-refractivity contribution in [2.24, 2.45) is 0 Å². The molecular formula is C14H20O9. The third kappa shape index (κ3) is 6.23. The highest BCUT2D eigenvalue weighted by Crippen LogP contribution is 2.25. The van der Waals surface area contributed by atoms with Crippen LogP contribution < -0.4 is 0 Å². The highest BCUT2D eigenvalue weighted by atomic mass is 16.7. The molecule has 4 atom stereocenters. The molecule has 1 fully saturated rings. The Labute approximate surface area is 133 Å². The maximum Gasteiger partial charge on any atom is 0.303 e. The molecule has 0 saturated carbocycles. The zero-order valence-electron chi connectivity index (χ0n) is 13.4. The van der Waals surface area contributed by atoms with Crippen LogP contribution in [-0.4, -0.2) is 61.5 Å². The van der Waals surface area contributed by atoms with Crippen LogP contribution in [0.15, 0.2) is 0 Å². The van der Waals surface area contributed by atoms with E-state index in [1.165, 1.54) is 27.7 Å². The lowest BCUT2D eigenvalue weighted by Gasteiger charge is -2.27. The lowest BCUT2D eigenvalue weighted by Crippen LogP contribution is -2.46. The van der Waals surface area contributed by atoms with Gasteiger partial charge in [-0.25, -0.2) is 0 Å². The van der Waals surface area contributed by atoms with Gasteiger partial charge in [0.05, 0.1) is 6.61 Å². The minimum atomic E-state index is -0.999. The van der Waals surface area contributed by atoms with Crippen molar-refractivity contribution in [1.82, 2.24) is 0 Å². The minimum Gasteiger partial charge on any atom is -0.462 e. The molecule has 9 nitrogen and oxygen atoms in total. The van der Waals surface area contributed by atoms with Gasteiger partial charge < -0.3 is 23.7 Å². The van der Waals surface area contributed by atoms with Crippen LogP contribution in [0.4, 0.5) is 0 Å². The number of carbonyl (C=O) groups is 4. The van der Waals surface area contributed by atoms with Crippen LogP contribution in [0.1, 0.15) is 27.7 Å². The lowest BCUT2D eigenvalue weighted by molar-refractivity contribution is -0.176. The molecule has 1 aliphatic rings. The van der Waals surface area contributed by atoms with Gasteiger partial charge >= 0.3 is 23.9 Å². The molecule has 0 spiro atoms. The van der Waals surface area contributed by atoms with Crippen molar-refractivity contribution < 1.29 is 42.9 Å². The summed E-state index contributed by atoms with van der Waals surface area (Å²) >= 11 is 0. The molecule has 1 rings (SSSR count). The van der Waals surface area contributed by atoms with Crippen LogP contribution in [0.25, 0.3) is 0 Å². The van der Waals surface area contributed by atoms with E-state index in [-0.39, 0.29) is 13.2 Å². The predicted octanol–water partition coefficient (Wildman–Crippen LogP) is -0.257. The van der Waals surface area contributed by atoms with E-state index in [2.05, 4.69) is 0 Å². The van der Waals surface area contributed by atoms with Gasteiger partial charge in [0.1, 0.15) is 12.7 Å². The van der Waals surface area contributed by atoms with Crippen molar-refractivity contribution >= 4 is 23.9 Å². The number of ether oxygens (including phenoxy) is 5. The highest BCUT2D eigenvalue weighted by molar-refractivity contribution is 5.68. The Morgan fingerprint density at radius 1 is 0.957 bits per heavy atom. The summed E-state index contributed by atoms with van der Waals surface area (Å²) in [5.74, 6) is -2.37. The summed E-state index contributed by atoms with van der Waals surface area (Å²) in [7, 11) is 0. The topological polar surface area (TPSA) is 114 Å². The molecule has 0 unspecified atom stereocenters. The first-order valence-corrected chi connectivity index (χ1v) is 6.97. The Morgan fingerprint density at radius 3 is 2.04 bits per heavy atom. The van der Waals surface area contributed by atoms with E-state index < -0.39 is 48.3 Å². The molecule has 0 aromatic carbocycles. The summed E-state index contributed by atoms with van der Waals surface area (Å²) < 4.78 is 25.6. The molecule has 1 saturated heterocycles. The molecule has 0 aromatic rings. The summed E-state index contributed by atoms with van der Waals surface area (Å²) in [5.41, 5.74) is 0. The van der Waals surface area contributed by atoms with Crippen LogP contribution >= 0.6 is 0 Å². The second-order valence-electron chi connectivity index (χ2n) is 4.97. The summed E-state index contributed by atoms with van der Waals surface area (Å²) in [6.07, 6.45) is -3.74. The van der Waals surface area contributed by atoms with E-state index in [4.69, 9.17) is 23.7 Å². The molecule has 1 heterocycles. The number of hydrogen-bond acceptors (Lipinski definition) is 9. The zero-order chi connectivity index (χ0) is 17.6. The van der Waals surface area contributed by atoms with Crippen molar-refractivity contribution in [1.29, 1.82) is 0 Å². The largest absolute Gasteiger partial charge is 0.462 e. The summed E-state index contributed by atoms with van der Waals surface area (Å²) in [6.45, 7) is 4.46. The quantitative estimate of drug-likeness (QED) is 0.479. The summed E-state index contributed by atoms with van der Waals surface area (Å²) in [5, 5.41) is 0. The molecule has 0 radical (unpaired) electrons. The van der Waals surface area contributed by atoms with Crippen LogP contribution in [0.2, 0.25) is 0 Å². The maximum atomic E-state index is 11.3. The molecule has 0 amide bonds. The molecular weight excluding hydrogens is 312 g/mol. The normalized spacial score (nSPS) is 24.4. The third-order valence-electron chi connectivity index (χ3n) is 2.90. The van der Waals surface area contributed by atoms with Crippen LogP contribution in [-0.2, 0) is 42.9 Å². The summed E-state index contributed by atoms with van der Waals surface area (Å²) in [6, 6.07) is 0. The lowest BCUT2D eigenvalue weighted by atomic mass is 10.1. The van der Waals surface area contributed by atoms with E-state index in [9.17, 15) is 19.2 Å². The first-order chi connectivity index (χ1) is 10.7. The average molecular weight is 332 g/mol. The zero-order valence-corrected chi connectivity index (χ0v) is 13.4. The number of rotatable bonds is 6. The van der Waals surface area contributed by atoms with Gasteiger partial charge in [0.2, 0.25) is 0 Å². The van der Waals surface area contributed by atoms with Crippen molar-refractivity contribution in [2.75, 3.05) is 13.2 Å². The maximum absolute atomic E-state index is 11.3. The average Bonchev–Trinajstić information content (AvgIpc) is 2.75. The van der Waals surface area contributed by atoms with Gasteiger partial charge in [-0.3, -0.25) is 19.2 Å². The van der Waals surface area contributed by atoms with Gasteiger partial charge in [-0.05, 0) is 0 Å². The Kier molecular flexibility index (Phi) is 6.95. The Morgan fingerprint density at radius 2 is 1.57 bits per heavy atom. The molecule has 0 aliphatic carbocycles. The van der Waals surface area contributed by atoms with E-state index in [0.29, 0.717) is 0 Å². The number of hydrogen-bond donors (Lipinski definition) is 0. The molecule has 0 bridgehead atoms. The van der Waals surface area contributed by atoms with Gasteiger partial charge in [0.15, 0.2) is 18.3 Å². The standard InChI is InChI=1S/C14H20O9/c1-7(15)19-5-11(21-8(2)16)13-14(23-10(4)18)12(6-20-13)22-9(3)17/h11-14H,5-6H2,1-4H3/t11-,12+,13+,14-/m1/s1. The van der Waals surface area contributed by atoms with Crippen molar-refractivity contribution in [3.05, 3.63) is 0 Å². The van der Waals surface area contributed by atoms with Gasteiger partial charge in [-0.15, -0.1) is 0 Å². The van der Waals surface area contributed by atoms with E-state index in [1.54, 1.807) is 0 Å². The molecule has 23 heavy (non-hydrogen) atoms.